The molecule has 0 aromatic carbocycles. The largest absolute Gasteiger partial charge is 0.369 e. The SMILES string of the molecule is CCCNc1ncccc1S(=O)(=O)NC(CC)CSC. The molecule has 7 heteroatoms. The van der Waals surface area contributed by atoms with Crippen LogP contribution in [0.2, 0.25) is 0 Å². The minimum absolute atomic E-state index is 0.0609. The van der Waals surface area contributed by atoms with E-state index in [2.05, 4.69) is 15.0 Å². The highest BCUT2D eigenvalue weighted by Gasteiger charge is 2.22. The van der Waals surface area contributed by atoms with E-state index in [1.165, 1.54) is 0 Å². The van der Waals surface area contributed by atoms with E-state index >= 15 is 0 Å². The Morgan fingerprint density at radius 2 is 2.15 bits per heavy atom. The maximum absolute atomic E-state index is 12.5. The fourth-order valence-electron chi connectivity index (χ4n) is 1.70. The normalized spacial score (nSPS) is 13.2. The van der Waals surface area contributed by atoms with Gasteiger partial charge in [0, 0.05) is 24.5 Å². The highest BCUT2D eigenvalue weighted by atomic mass is 32.2. The number of nitrogens with zero attached hydrogens (tertiary/aromatic N) is 1. The first-order chi connectivity index (χ1) is 9.55. The fourth-order valence-corrected chi connectivity index (χ4v) is 3.98. The number of hydrogen-bond acceptors (Lipinski definition) is 5. The Labute approximate surface area is 126 Å². The highest BCUT2D eigenvalue weighted by Crippen LogP contribution is 2.19. The molecule has 20 heavy (non-hydrogen) atoms. The molecule has 0 amide bonds. The van der Waals surface area contributed by atoms with Gasteiger partial charge in [-0.3, -0.25) is 0 Å². The van der Waals surface area contributed by atoms with Gasteiger partial charge in [-0.25, -0.2) is 18.1 Å². The quantitative estimate of drug-likeness (QED) is 0.731. The van der Waals surface area contributed by atoms with Crippen molar-refractivity contribution in [1.82, 2.24) is 9.71 Å². The number of nitrogens with one attached hydrogen (secondary N) is 2. The lowest BCUT2D eigenvalue weighted by Gasteiger charge is -2.17. The minimum atomic E-state index is -3.54. The van der Waals surface area contributed by atoms with Gasteiger partial charge in [0.25, 0.3) is 0 Å². The third kappa shape index (κ3) is 4.96. The molecular weight excluding hydrogens is 294 g/mol. The topological polar surface area (TPSA) is 71.1 Å². The Morgan fingerprint density at radius 1 is 1.40 bits per heavy atom. The Kier molecular flexibility index (Phi) is 7.32. The predicted molar refractivity (Wildman–Crippen MR) is 85.8 cm³/mol. The highest BCUT2D eigenvalue weighted by molar-refractivity contribution is 7.98. The van der Waals surface area contributed by atoms with Gasteiger partial charge in [0.15, 0.2) is 0 Å². The lowest BCUT2D eigenvalue weighted by Crippen LogP contribution is -2.36. The van der Waals surface area contributed by atoms with Gasteiger partial charge in [-0.1, -0.05) is 13.8 Å². The van der Waals surface area contributed by atoms with Crippen LogP contribution in [0.5, 0.6) is 0 Å². The zero-order chi connectivity index (χ0) is 15.0. The Hall–Kier alpha value is -0.790. The molecule has 1 heterocycles. The lowest BCUT2D eigenvalue weighted by molar-refractivity contribution is 0.558. The Balaban J connectivity index is 2.96. The smallest absolute Gasteiger partial charge is 0.244 e. The van der Waals surface area contributed by atoms with Crippen molar-refractivity contribution in [3.05, 3.63) is 18.3 Å². The van der Waals surface area contributed by atoms with Gasteiger partial charge in [-0.2, -0.15) is 11.8 Å². The molecule has 0 aliphatic carbocycles. The number of thioether (sulfide) groups is 1. The van der Waals surface area contributed by atoms with Crippen molar-refractivity contribution in [2.75, 3.05) is 23.9 Å². The van der Waals surface area contributed by atoms with E-state index in [0.29, 0.717) is 12.4 Å². The van der Waals surface area contributed by atoms with E-state index in [4.69, 9.17) is 0 Å². The lowest BCUT2D eigenvalue weighted by atomic mass is 10.3. The van der Waals surface area contributed by atoms with Crippen molar-refractivity contribution in [3.63, 3.8) is 0 Å². The van der Waals surface area contributed by atoms with Crippen LogP contribution in [0, 0.1) is 0 Å². The predicted octanol–water partition coefficient (Wildman–Crippen LogP) is 2.32. The molecular formula is C13H23N3O2S2. The summed E-state index contributed by atoms with van der Waals surface area (Å²) in [6.45, 7) is 4.69. The van der Waals surface area contributed by atoms with Crippen LogP contribution in [0.25, 0.3) is 0 Å². The van der Waals surface area contributed by atoms with Gasteiger partial charge in [-0.15, -0.1) is 0 Å². The number of pyridine rings is 1. The summed E-state index contributed by atoms with van der Waals surface area (Å²) >= 11 is 1.63. The summed E-state index contributed by atoms with van der Waals surface area (Å²) in [6, 6.07) is 3.16. The van der Waals surface area contributed by atoms with Gasteiger partial charge in [-0.05, 0) is 31.2 Å². The van der Waals surface area contributed by atoms with E-state index in [1.807, 2.05) is 20.1 Å². The molecule has 1 aromatic rings. The molecule has 2 N–H and O–H groups in total. The maximum Gasteiger partial charge on any atom is 0.244 e. The molecule has 0 bridgehead atoms. The number of anilines is 1. The van der Waals surface area contributed by atoms with Crippen LogP contribution in [-0.4, -0.2) is 38.0 Å². The van der Waals surface area contributed by atoms with E-state index in [9.17, 15) is 8.42 Å². The first-order valence-corrected chi connectivity index (χ1v) is 9.63. The molecule has 0 spiro atoms. The van der Waals surface area contributed by atoms with Crippen LogP contribution in [0.15, 0.2) is 23.2 Å². The monoisotopic (exact) mass is 317 g/mol. The summed E-state index contributed by atoms with van der Waals surface area (Å²) in [5, 5.41) is 3.06. The molecule has 1 aromatic heterocycles. The number of rotatable bonds is 9. The molecule has 114 valence electrons. The van der Waals surface area contributed by atoms with Crippen LogP contribution < -0.4 is 10.0 Å². The minimum Gasteiger partial charge on any atom is -0.369 e. The van der Waals surface area contributed by atoms with E-state index in [0.717, 1.165) is 18.6 Å². The van der Waals surface area contributed by atoms with E-state index in [-0.39, 0.29) is 10.9 Å². The van der Waals surface area contributed by atoms with Crippen molar-refractivity contribution >= 4 is 27.6 Å². The summed E-state index contributed by atoms with van der Waals surface area (Å²) in [6.07, 6.45) is 5.23. The average Bonchev–Trinajstić information content (AvgIpc) is 2.44. The number of aromatic nitrogens is 1. The Morgan fingerprint density at radius 3 is 2.75 bits per heavy atom. The summed E-state index contributed by atoms with van der Waals surface area (Å²) in [4.78, 5) is 4.34. The van der Waals surface area contributed by atoms with E-state index in [1.54, 1.807) is 30.1 Å². The fraction of sp³-hybridized carbons (Fsp3) is 0.615. The molecule has 0 aliphatic rings. The molecule has 0 radical (unpaired) electrons. The summed E-state index contributed by atoms with van der Waals surface area (Å²) in [5.41, 5.74) is 0. The van der Waals surface area contributed by atoms with Crippen LogP contribution in [0.3, 0.4) is 0 Å². The second-order valence-corrected chi connectivity index (χ2v) is 7.05. The Bertz CT molecular complexity index is 506. The van der Waals surface area contributed by atoms with Gasteiger partial charge in [0.2, 0.25) is 10.0 Å². The van der Waals surface area contributed by atoms with Gasteiger partial charge < -0.3 is 5.32 Å². The van der Waals surface area contributed by atoms with Crippen molar-refractivity contribution in [2.45, 2.75) is 37.6 Å². The van der Waals surface area contributed by atoms with Crippen molar-refractivity contribution < 1.29 is 8.42 Å². The van der Waals surface area contributed by atoms with Crippen molar-refractivity contribution in [3.8, 4) is 0 Å². The number of hydrogen-bond donors (Lipinski definition) is 2. The molecule has 1 rings (SSSR count). The first-order valence-electron chi connectivity index (χ1n) is 6.75. The van der Waals surface area contributed by atoms with Crippen molar-refractivity contribution in [2.24, 2.45) is 0 Å². The maximum atomic E-state index is 12.5. The molecule has 1 unspecified atom stereocenters. The summed E-state index contributed by atoms with van der Waals surface area (Å²) < 4.78 is 27.7. The van der Waals surface area contributed by atoms with Crippen LogP contribution >= 0.6 is 11.8 Å². The molecule has 0 saturated carbocycles. The van der Waals surface area contributed by atoms with Gasteiger partial charge in [0.05, 0.1) is 0 Å². The second-order valence-electron chi connectivity index (χ2n) is 4.46. The third-order valence-corrected chi connectivity index (χ3v) is 5.07. The van der Waals surface area contributed by atoms with E-state index < -0.39 is 10.0 Å². The third-order valence-electron chi connectivity index (χ3n) is 2.79. The van der Waals surface area contributed by atoms with Gasteiger partial charge in [0.1, 0.15) is 10.7 Å². The molecule has 0 fully saturated rings. The molecule has 0 aliphatic heterocycles. The van der Waals surface area contributed by atoms with Crippen molar-refractivity contribution in [1.29, 1.82) is 0 Å². The number of sulfonamides is 1. The second kappa shape index (κ2) is 8.49. The van der Waals surface area contributed by atoms with Gasteiger partial charge >= 0.3 is 0 Å². The van der Waals surface area contributed by atoms with Crippen LogP contribution in [0.1, 0.15) is 26.7 Å². The molecule has 5 nitrogen and oxygen atoms in total. The molecule has 0 saturated heterocycles. The first kappa shape index (κ1) is 17.3. The molecule has 1 atom stereocenters. The standard InChI is InChI=1S/C13H23N3O2S2/c1-4-8-14-13-12(7-6-9-15-13)20(17,18)16-11(5-2)10-19-3/h6-7,9,11,16H,4-5,8,10H2,1-3H3,(H,14,15). The summed E-state index contributed by atoms with van der Waals surface area (Å²) in [7, 11) is -3.54. The zero-order valence-corrected chi connectivity index (χ0v) is 13.9. The summed E-state index contributed by atoms with van der Waals surface area (Å²) in [5.74, 6) is 1.18. The van der Waals surface area contributed by atoms with Crippen LogP contribution in [-0.2, 0) is 10.0 Å². The zero-order valence-electron chi connectivity index (χ0n) is 12.2. The van der Waals surface area contributed by atoms with Crippen LogP contribution in [0.4, 0.5) is 5.82 Å². The average molecular weight is 317 g/mol.